The molecule has 0 unspecified atom stereocenters. The molecule has 104 valence electrons. The summed E-state index contributed by atoms with van der Waals surface area (Å²) in [6.07, 6.45) is 1.09. The van der Waals surface area contributed by atoms with E-state index in [-0.39, 0.29) is 5.91 Å². The number of nitrogens with two attached hydrogens (primary N) is 1. The maximum atomic E-state index is 11.9. The van der Waals surface area contributed by atoms with Crippen molar-refractivity contribution in [3.63, 3.8) is 0 Å². The Kier molecular flexibility index (Phi) is 4.55. The van der Waals surface area contributed by atoms with Crippen LogP contribution < -0.4 is 15.8 Å². The van der Waals surface area contributed by atoms with E-state index in [0.29, 0.717) is 18.0 Å². The van der Waals surface area contributed by atoms with Crippen LogP contribution in [0.15, 0.2) is 48.7 Å². The van der Waals surface area contributed by atoms with E-state index in [4.69, 9.17) is 10.5 Å². The molecular weight excluding hydrogens is 254 g/mol. The van der Waals surface area contributed by atoms with Crippen LogP contribution >= 0.6 is 0 Å². The van der Waals surface area contributed by atoms with Gasteiger partial charge in [-0.05, 0) is 31.2 Å². The number of nitrogens with one attached hydrogen (secondary N) is 1. The van der Waals surface area contributed by atoms with Gasteiger partial charge in [0.2, 0.25) is 0 Å². The van der Waals surface area contributed by atoms with Gasteiger partial charge in [0, 0.05) is 18.0 Å². The van der Waals surface area contributed by atoms with E-state index >= 15 is 0 Å². The number of carbonyl (C=O) groups excluding carboxylic acids is 1. The van der Waals surface area contributed by atoms with Crippen LogP contribution in [0.5, 0.6) is 5.75 Å². The zero-order chi connectivity index (χ0) is 14.4. The summed E-state index contributed by atoms with van der Waals surface area (Å²) < 4.78 is 5.53. The third kappa shape index (κ3) is 3.98. The maximum Gasteiger partial charge on any atom is 0.261 e. The molecule has 1 atom stereocenters. The molecule has 0 aliphatic rings. The largest absolute Gasteiger partial charge is 0.481 e. The van der Waals surface area contributed by atoms with Crippen molar-refractivity contribution in [1.29, 1.82) is 0 Å². The van der Waals surface area contributed by atoms with Crippen LogP contribution in [0.25, 0.3) is 0 Å². The molecule has 1 amide bonds. The molecule has 1 aromatic carbocycles. The number of carbonyl (C=O) groups is 1. The first-order valence-corrected chi connectivity index (χ1v) is 6.35. The van der Waals surface area contributed by atoms with Crippen LogP contribution in [0.3, 0.4) is 0 Å². The molecule has 0 saturated carbocycles. The van der Waals surface area contributed by atoms with Gasteiger partial charge in [0.25, 0.3) is 5.91 Å². The lowest BCUT2D eigenvalue weighted by Gasteiger charge is -2.14. The molecule has 0 aliphatic heterocycles. The molecule has 2 rings (SSSR count). The zero-order valence-electron chi connectivity index (χ0n) is 11.2. The highest BCUT2D eigenvalue weighted by Crippen LogP contribution is 2.15. The van der Waals surface area contributed by atoms with Crippen molar-refractivity contribution in [2.75, 3.05) is 5.73 Å². The third-order valence-corrected chi connectivity index (χ3v) is 2.71. The van der Waals surface area contributed by atoms with Crippen LogP contribution in [0.4, 0.5) is 5.69 Å². The summed E-state index contributed by atoms with van der Waals surface area (Å²) in [5.74, 6) is 0.378. The van der Waals surface area contributed by atoms with Gasteiger partial charge < -0.3 is 15.8 Å². The summed E-state index contributed by atoms with van der Waals surface area (Å²) in [4.78, 5) is 16.0. The first-order chi connectivity index (χ1) is 9.65. The number of hydrogen-bond acceptors (Lipinski definition) is 4. The Labute approximate surface area is 117 Å². The van der Waals surface area contributed by atoms with Crippen LogP contribution in [-0.2, 0) is 11.3 Å². The van der Waals surface area contributed by atoms with Gasteiger partial charge in [-0.1, -0.05) is 12.1 Å². The normalized spacial score (nSPS) is 11.7. The predicted molar refractivity (Wildman–Crippen MR) is 77.0 cm³/mol. The number of benzene rings is 1. The molecule has 1 aromatic heterocycles. The van der Waals surface area contributed by atoms with Gasteiger partial charge in [0.1, 0.15) is 5.75 Å². The molecule has 0 saturated heterocycles. The summed E-state index contributed by atoms with van der Waals surface area (Å²) in [6.45, 7) is 2.07. The van der Waals surface area contributed by atoms with Crippen molar-refractivity contribution in [1.82, 2.24) is 10.3 Å². The second-order valence-corrected chi connectivity index (χ2v) is 4.37. The minimum atomic E-state index is -0.597. The zero-order valence-corrected chi connectivity index (χ0v) is 11.2. The van der Waals surface area contributed by atoms with Gasteiger partial charge in [-0.25, -0.2) is 0 Å². The number of nitrogens with zero attached hydrogens (tertiary/aromatic N) is 1. The predicted octanol–water partition coefficient (Wildman–Crippen LogP) is 1.75. The van der Waals surface area contributed by atoms with Crippen LogP contribution in [0.2, 0.25) is 0 Å². The lowest BCUT2D eigenvalue weighted by molar-refractivity contribution is -0.127. The summed E-state index contributed by atoms with van der Waals surface area (Å²) in [7, 11) is 0. The van der Waals surface area contributed by atoms with E-state index in [2.05, 4.69) is 10.3 Å². The van der Waals surface area contributed by atoms with Gasteiger partial charge in [0.05, 0.1) is 12.2 Å². The third-order valence-electron chi connectivity index (χ3n) is 2.71. The SMILES string of the molecule is C[C@@H](Oc1cccc(N)c1)C(=O)NCc1ccccn1. The quantitative estimate of drug-likeness (QED) is 0.812. The first-order valence-electron chi connectivity index (χ1n) is 6.35. The fourth-order valence-corrected chi connectivity index (χ4v) is 1.67. The number of amides is 1. The summed E-state index contributed by atoms with van der Waals surface area (Å²) >= 11 is 0. The number of nitrogen functional groups attached to an aromatic ring is 1. The van der Waals surface area contributed by atoms with Crippen molar-refractivity contribution >= 4 is 11.6 Å². The first kappa shape index (κ1) is 13.9. The highest BCUT2D eigenvalue weighted by atomic mass is 16.5. The molecule has 0 radical (unpaired) electrons. The smallest absolute Gasteiger partial charge is 0.261 e. The van der Waals surface area contributed by atoms with Gasteiger partial charge in [-0.2, -0.15) is 0 Å². The Bertz CT molecular complexity index is 572. The van der Waals surface area contributed by atoms with Crippen molar-refractivity contribution in [2.45, 2.75) is 19.6 Å². The topological polar surface area (TPSA) is 77.2 Å². The van der Waals surface area contributed by atoms with E-state index in [1.165, 1.54) is 0 Å². The number of pyridine rings is 1. The van der Waals surface area contributed by atoms with E-state index in [1.807, 2.05) is 18.2 Å². The summed E-state index contributed by atoms with van der Waals surface area (Å²) in [5.41, 5.74) is 7.06. The Morgan fingerprint density at radius 1 is 1.35 bits per heavy atom. The molecule has 0 fully saturated rings. The molecule has 3 N–H and O–H groups in total. The Hall–Kier alpha value is -2.56. The molecule has 5 heteroatoms. The number of ether oxygens (including phenoxy) is 1. The van der Waals surface area contributed by atoms with E-state index in [1.54, 1.807) is 37.4 Å². The highest BCUT2D eigenvalue weighted by Gasteiger charge is 2.14. The highest BCUT2D eigenvalue weighted by molar-refractivity contribution is 5.80. The molecule has 0 aliphatic carbocycles. The molecular formula is C15H17N3O2. The molecule has 2 aromatic rings. The Morgan fingerprint density at radius 2 is 2.20 bits per heavy atom. The van der Waals surface area contributed by atoms with E-state index in [9.17, 15) is 4.79 Å². The standard InChI is InChI=1S/C15H17N3O2/c1-11(20-14-7-4-5-12(16)9-14)15(19)18-10-13-6-2-3-8-17-13/h2-9,11H,10,16H2,1H3,(H,18,19)/t11-/m1/s1. The molecule has 5 nitrogen and oxygen atoms in total. The van der Waals surface area contributed by atoms with Crippen molar-refractivity contribution < 1.29 is 9.53 Å². The van der Waals surface area contributed by atoms with Crippen molar-refractivity contribution in [3.05, 3.63) is 54.4 Å². The number of hydrogen-bond donors (Lipinski definition) is 2. The van der Waals surface area contributed by atoms with Gasteiger partial charge in [0.15, 0.2) is 6.10 Å². The minimum absolute atomic E-state index is 0.196. The number of anilines is 1. The molecule has 0 bridgehead atoms. The average molecular weight is 271 g/mol. The summed E-state index contributed by atoms with van der Waals surface area (Å²) in [6, 6.07) is 12.5. The molecule has 20 heavy (non-hydrogen) atoms. The monoisotopic (exact) mass is 271 g/mol. The molecule has 1 heterocycles. The van der Waals surface area contributed by atoms with Crippen LogP contribution in [0.1, 0.15) is 12.6 Å². The minimum Gasteiger partial charge on any atom is -0.481 e. The fraction of sp³-hybridized carbons (Fsp3) is 0.200. The van der Waals surface area contributed by atoms with Crippen LogP contribution in [-0.4, -0.2) is 17.0 Å². The van der Waals surface area contributed by atoms with E-state index < -0.39 is 6.10 Å². The second-order valence-electron chi connectivity index (χ2n) is 4.37. The van der Waals surface area contributed by atoms with Gasteiger partial charge in [-0.15, -0.1) is 0 Å². The van der Waals surface area contributed by atoms with Gasteiger partial charge in [-0.3, -0.25) is 9.78 Å². The Balaban J connectivity index is 1.86. The van der Waals surface area contributed by atoms with Crippen molar-refractivity contribution in [3.8, 4) is 5.75 Å². The average Bonchev–Trinajstić information content (AvgIpc) is 2.46. The lowest BCUT2D eigenvalue weighted by atomic mass is 10.3. The van der Waals surface area contributed by atoms with Crippen molar-refractivity contribution in [2.24, 2.45) is 0 Å². The Morgan fingerprint density at radius 3 is 2.90 bits per heavy atom. The van der Waals surface area contributed by atoms with Gasteiger partial charge >= 0.3 is 0 Å². The number of rotatable bonds is 5. The lowest BCUT2D eigenvalue weighted by Crippen LogP contribution is -2.36. The fourth-order valence-electron chi connectivity index (χ4n) is 1.67. The van der Waals surface area contributed by atoms with E-state index in [0.717, 1.165) is 5.69 Å². The maximum absolute atomic E-state index is 11.9. The second kappa shape index (κ2) is 6.56. The summed E-state index contributed by atoms with van der Waals surface area (Å²) in [5, 5.41) is 2.78. The number of aromatic nitrogens is 1. The van der Waals surface area contributed by atoms with Crippen LogP contribution in [0, 0.1) is 0 Å². The molecule has 0 spiro atoms.